The van der Waals surface area contributed by atoms with Crippen molar-refractivity contribution in [1.29, 1.82) is 0 Å². The number of alkyl halides is 3. The molecular formula is C10H10F3N. The summed E-state index contributed by atoms with van der Waals surface area (Å²) >= 11 is 0. The molecule has 1 aromatic carbocycles. The lowest BCUT2D eigenvalue weighted by Crippen LogP contribution is -2.35. The van der Waals surface area contributed by atoms with Crippen LogP contribution in [0.4, 0.5) is 13.2 Å². The van der Waals surface area contributed by atoms with Crippen LogP contribution in [-0.4, -0.2) is 12.2 Å². The quantitative estimate of drug-likeness (QED) is 0.781. The summed E-state index contributed by atoms with van der Waals surface area (Å²) in [5.74, 6) is 0. The van der Waals surface area contributed by atoms with Gasteiger partial charge in [0, 0.05) is 0 Å². The normalized spacial score (nSPS) is 14.6. The standard InChI is InChI=1S/C10H10F3N/c11-10(12,13)9(14)7-6-8-4-2-1-3-5-8/h1-7,9H,14H2/b7-6-/t9-/m1/s1. The Balaban J connectivity index is 2.66. The lowest BCUT2D eigenvalue weighted by atomic mass is 10.2. The maximum Gasteiger partial charge on any atom is 0.407 e. The number of hydrogen-bond acceptors (Lipinski definition) is 1. The van der Waals surface area contributed by atoms with E-state index in [-0.39, 0.29) is 0 Å². The van der Waals surface area contributed by atoms with Crippen molar-refractivity contribution in [2.45, 2.75) is 12.2 Å². The van der Waals surface area contributed by atoms with Crippen LogP contribution in [-0.2, 0) is 0 Å². The Kier molecular flexibility index (Phi) is 3.30. The van der Waals surface area contributed by atoms with Gasteiger partial charge >= 0.3 is 6.18 Å². The fourth-order valence-electron chi connectivity index (χ4n) is 0.888. The Bertz CT molecular complexity index is 303. The molecule has 0 aliphatic heterocycles. The maximum atomic E-state index is 12.0. The molecule has 1 aromatic rings. The molecule has 1 atom stereocenters. The van der Waals surface area contributed by atoms with Crippen LogP contribution in [0.2, 0.25) is 0 Å². The molecule has 0 saturated heterocycles. The molecule has 4 heteroatoms. The highest BCUT2D eigenvalue weighted by Crippen LogP contribution is 2.19. The molecule has 0 saturated carbocycles. The molecule has 0 amide bonds. The first kappa shape index (κ1) is 10.8. The van der Waals surface area contributed by atoms with Crippen LogP contribution in [0.25, 0.3) is 6.08 Å². The fraction of sp³-hybridized carbons (Fsp3) is 0.200. The highest BCUT2D eigenvalue weighted by Gasteiger charge is 2.34. The molecule has 0 aliphatic rings. The van der Waals surface area contributed by atoms with Gasteiger partial charge in [0.2, 0.25) is 0 Å². The van der Waals surface area contributed by atoms with Gasteiger partial charge in [0.15, 0.2) is 0 Å². The molecule has 76 valence electrons. The summed E-state index contributed by atoms with van der Waals surface area (Å²) in [7, 11) is 0. The maximum absolute atomic E-state index is 12.0. The van der Waals surface area contributed by atoms with Crippen molar-refractivity contribution in [3.05, 3.63) is 42.0 Å². The van der Waals surface area contributed by atoms with Gasteiger partial charge in [-0.15, -0.1) is 0 Å². The van der Waals surface area contributed by atoms with Crippen LogP contribution in [0.1, 0.15) is 5.56 Å². The summed E-state index contributed by atoms with van der Waals surface area (Å²) in [6.45, 7) is 0. The van der Waals surface area contributed by atoms with Gasteiger partial charge in [-0.05, 0) is 5.56 Å². The SMILES string of the molecule is N[C@H](/C=C\c1ccccc1)C(F)(F)F. The topological polar surface area (TPSA) is 26.0 Å². The lowest BCUT2D eigenvalue weighted by molar-refractivity contribution is -0.136. The Morgan fingerprint density at radius 3 is 2.21 bits per heavy atom. The first-order chi connectivity index (χ1) is 6.50. The van der Waals surface area contributed by atoms with Gasteiger partial charge < -0.3 is 5.73 Å². The first-order valence-corrected chi connectivity index (χ1v) is 4.05. The second kappa shape index (κ2) is 4.28. The van der Waals surface area contributed by atoms with Gasteiger partial charge in [0.1, 0.15) is 6.04 Å². The van der Waals surface area contributed by atoms with E-state index in [4.69, 9.17) is 5.73 Å². The molecule has 0 fully saturated rings. The van der Waals surface area contributed by atoms with Crippen LogP contribution >= 0.6 is 0 Å². The predicted octanol–water partition coefficient (Wildman–Crippen LogP) is 2.59. The molecule has 1 rings (SSSR count). The summed E-state index contributed by atoms with van der Waals surface area (Å²) < 4.78 is 35.9. The third kappa shape index (κ3) is 3.22. The number of rotatable bonds is 2. The van der Waals surface area contributed by atoms with Gasteiger partial charge in [-0.25, -0.2) is 0 Å². The minimum atomic E-state index is -4.37. The molecule has 0 unspecified atom stereocenters. The third-order valence-electron chi connectivity index (χ3n) is 1.67. The highest BCUT2D eigenvalue weighted by atomic mass is 19.4. The summed E-state index contributed by atoms with van der Waals surface area (Å²) in [6.07, 6.45) is -2.07. The van der Waals surface area contributed by atoms with Crippen LogP contribution in [0.15, 0.2) is 36.4 Å². The molecule has 0 radical (unpaired) electrons. The van der Waals surface area contributed by atoms with Crippen molar-refractivity contribution >= 4 is 6.08 Å². The number of halogens is 3. The molecule has 1 nitrogen and oxygen atoms in total. The first-order valence-electron chi connectivity index (χ1n) is 4.05. The Morgan fingerprint density at radius 1 is 1.14 bits per heavy atom. The summed E-state index contributed by atoms with van der Waals surface area (Å²) in [5, 5.41) is 0. The minimum absolute atomic E-state index is 0.701. The predicted molar refractivity (Wildman–Crippen MR) is 49.5 cm³/mol. The van der Waals surface area contributed by atoms with E-state index in [1.165, 1.54) is 6.08 Å². The second-order valence-corrected chi connectivity index (χ2v) is 2.84. The Morgan fingerprint density at radius 2 is 1.71 bits per heavy atom. The largest absolute Gasteiger partial charge is 0.407 e. The molecule has 0 heterocycles. The van der Waals surface area contributed by atoms with E-state index < -0.39 is 12.2 Å². The van der Waals surface area contributed by atoms with E-state index in [1.807, 2.05) is 0 Å². The van der Waals surface area contributed by atoms with E-state index in [9.17, 15) is 13.2 Å². The van der Waals surface area contributed by atoms with E-state index in [2.05, 4.69) is 0 Å². The highest BCUT2D eigenvalue weighted by molar-refractivity contribution is 5.49. The number of nitrogens with two attached hydrogens (primary N) is 1. The van der Waals surface area contributed by atoms with Crippen LogP contribution < -0.4 is 5.73 Å². The van der Waals surface area contributed by atoms with E-state index in [0.29, 0.717) is 5.56 Å². The average Bonchev–Trinajstić information content (AvgIpc) is 2.14. The van der Waals surface area contributed by atoms with Crippen LogP contribution in [0, 0.1) is 0 Å². The monoisotopic (exact) mass is 201 g/mol. The molecule has 2 N–H and O–H groups in total. The fourth-order valence-corrected chi connectivity index (χ4v) is 0.888. The molecule has 0 spiro atoms. The van der Waals surface area contributed by atoms with Gasteiger partial charge in [0.25, 0.3) is 0 Å². The van der Waals surface area contributed by atoms with Gasteiger partial charge in [-0.1, -0.05) is 42.5 Å². The van der Waals surface area contributed by atoms with Crippen molar-refractivity contribution in [3.63, 3.8) is 0 Å². The van der Waals surface area contributed by atoms with Crippen molar-refractivity contribution in [2.75, 3.05) is 0 Å². The zero-order valence-electron chi connectivity index (χ0n) is 7.33. The zero-order chi connectivity index (χ0) is 10.6. The zero-order valence-corrected chi connectivity index (χ0v) is 7.33. The van der Waals surface area contributed by atoms with Crippen molar-refractivity contribution in [2.24, 2.45) is 5.73 Å². The Hall–Kier alpha value is -1.29. The van der Waals surface area contributed by atoms with Gasteiger partial charge in [0.05, 0.1) is 0 Å². The lowest BCUT2D eigenvalue weighted by Gasteiger charge is -2.10. The summed E-state index contributed by atoms with van der Waals surface area (Å²) in [5.41, 5.74) is 5.59. The Labute approximate surface area is 80.0 Å². The second-order valence-electron chi connectivity index (χ2n) is 2.84. The molecule has 14 heavy (non-hydrogen) atoms. The van der Waals surface area contributed by atoms with Crippen molar-refractivity contribution < 1.29 is 13.2 Å². The van der Waals surface area contributed by atoms with Crippen molar-refractivity contribution in [3.8, 4) is 0 Å². The molecule has 0 aromatic heterocycles. The van der Waals surface area contributed by atoms with Crippen LogP contribution in [0.5, 0.6) is 0 Å². The van der Waals surface area contributed by atoms with E-state index >= 15 is 0 Å². The van der Waals surface area contributed by atoms with E-state index in [1.54, 1.807) is 30.3 Å². The average molecular weight is 201 g/mol. The third-order valence-corrected chi connectivity index (χ3v) is 1.67. The molecular weight excluding hydrogens is 191 g/mol. The van der Waals surface area contributed by atoms with Gasteiger partial charge in [-0.3, -0.25) is 0 Å². The number of benzene rings is 1. The van der Waals surface area contributed by atoms with Gasteiger partial charge in [-0.2, -0.15) is 13.2 Å². The smallest absolute Gasteiger partial charge is 0.317 e. The van der Waals surface area contributed by atoms with E-state index in [0.717, 1.165) is 6.08 Å². The van der Waals surface area contributed by atoms with Crippen LogP contribution in [0.3, 0.4) is 0 Å². The molecule has 0 bridgehead atoms. The number of hydrogen-bond donors (Lipinski definition) is 1. The summed E-state index contributed by atoms with van der Waals surface area (Å²) in [4.78, 5) is 0. The summed E-state index contributed by atoms with van der Waals surface area (Å²) in [6, 6.07) is 6.81. The van der Waals surface area contributed by atoms with Crippen molar-refractivity contribution in [1.82, 2.24) is 0 Å². The minimum Gasteiger partial charge on any atom is -0.317 e. The molecule has 0 aliphatic carbocycles.